The number of halogens is 3. The van der Waals surface area contributed by atoms with E-state index >= 15 is 0 Å². The highest BCUT2D eigenvalue weighted by atomic mass is 19.4. The maximum absolute atomic E-state index is 12.9. The molecule has 1 aliphatic rings. The first-order valence-corrected chi connectivity index (χ1v) is 6.28. The minimum Gasteiger partial charge on any atom is -0.316 e. The van der Waals surface area contributed by atoms with Crippen LogP contribution in [0.15, 0.2) is 18.2 Å². The van der Waals surface area contributed by atoms with Gasteiger partial charge in [0.25, 0.3) is 0 Å². The lowest BCUT2D eigenvalue weighted by Gasteiger charge is -2.30. The predicted molar refractivity (Wildman–Crippen MR) is 65.6 cm³/mol. The summed E-state index contributed by atoms with van der Waals surface area (Å²) in [5, 5.41) is 3.27. The van der Waals surface area contributed by atoms with Crippen molar-refractivity contribution < 1.29 is 13.2 Å². The van der Waals surface area contributed by atoms with Gasteiger partial charge in [0.05, 0.1) is 5.56 Å². The van der Waals surface area contributed by atoms with Crippen LogP contribution in [0.2, 0.25) is 0 Å². The second-order valence-corrected chi connectivity index (χ2v) is 5.15. The van der Waals surface area contributed by atoms with E-state index in [-0.39, 0.29) is 5.92 Å². The van der Waals surface area contributed by atoms with E-state index in [1.807, 2.05) is 6.07 Å². The number of piperidine rings is 1. The summed E-state index contributed by atoms with van der Waals surface area (Å²) in [7, 11) is 0. The smallest absolute Gasteiger partial charge is 0.316 e. The van der Waals surface area contributed by atoms with Crippen molar-refractivity contribution in [2.45, 2.75) is 32.4 Å². The minimum atomic E-state index is -4.25. The molecule has 2 unspecified atom stereocenters. The molecule has 1 saturated heterocycles. The molecule has 1 aromatic carbocycles. The lowest BCUT2D eigenvalue weighted by Crippen LogP contribution is -2.33. The molecule has 1 aromatic rings. The molecule has 18 heavy (non-hydrogen) atoms. The van der Waals surface area contributed by atoms with Gasteiger partial charge in [0.15, 0.2) is 0 Å². The van der Waals surface area contributed by atoms with E-state index in [9.17, 15) is 13.2 Å². The van der Waals surface area contributed by atoms with Crippen molar-refractivity contribution in [3.8, 4) is 0 Å². The molecule has 1 heterocycles. The van der Waals surface area contributed by atoms with Crippen LogP contribution in [0.3, 0.4) is 0 Å². The molecule has 1 nitrogen and oxygen atoms in total. The van der Waals surface area contributed by atoms with Gasteiger partial charge in [0.2, 0.25) is 0 Å². The van der Waals surface area contributed by atoms with Crippen molar-refractivity contribution in [2.75, 3.05) is 13.1 Å². The van der Waals surface area contributed by atoms with Gasteiger partial charge in [-0.05, 0) is 55.5 Å². The van der Waals surface area contributed by atoms with Crippen LogP contribution in [0.1, 0.15) is 36.0 Å². The highest BCUT2D eigenvalue weighted by Crippen LogP contribution is 2.36. The number of nitrogens with one attached hydrogen (secondary N) is 1. The fourth-order valence-corrected chi connectivity index (χ4v) is 2.68. The van der Waals surface area contributed by atoms with Crippen molar-refractivity contribution in [2.24, 2.45) is 5.92 Å². The first-order chi connectivity index (χ1) is 8.39. The minimum absolute atomic E-state index is 0.230. The fraction of sp³-hybridized carbons (Fsp3) is 0.571. The molecule has 0 aromatic heterocycles. The lowest BCUT2D eigenvalue weighted by molar-refractivity contribution is -0.138. The molecule has 2 atom stereocenters. The Kier molecular flexibility index (Phi) is 3.66. The SMILES string of the molecule is Cc1ccc(C2CCNCC2C)cc1C(F)(F)F. The second kappa shape index (κ2) is 4.92. The van der Waals surface area contributed by atoms with E-state index in [2.05, 4.69) is 12.2 Å². The Morgan fingerprint density at radius 2 is 2.00 bits per heavy atom. The number of hydrogen-bond donors (Lipinski definition) is 1. The summed E-state index contributed by atoms with van der Waals surface area (Å²) in [6.45, 7) is 5.35. The van der Waals surface area contributed by atoms with E-state index in [4.69, 9.17) is 0 Å². The Morgan fingerprint density at radius 1 is 1.28 bits per heavy atom. The summed E-state index contributed by atoms with van der Waals surface area (Å²) in [6, 6.07) is 4.77. The van der Waals surface area contributed by atoms with Crippen molar-refractivity contribution in [3.63, 3.8) is 0 Å². The Hall–Kier alpha value is -1.03. The molecule has 0 aliphatic carbocycles. The van der Waals surface area contributed by atoms with Gasteiger partial charge in [-0.3, -0.25) is 0 Å². The summed E-state index contributed by atoms with van der Waals surface area (Å²) < 4.78 is 38.6. The summed E-state index contributed by atoms with van der Waals surface area (Å²) in [4.78, 5) is 0. The van der Waals surface area contributed by atoms with Gasteiger partial charge < -0.3 is 5.32 Å². The van der Waals surface area contributed by atoms with Gasteiger partial charge in [-0.1, -0.05) is 19.1 Å². The van der Waals surface area contributed by atoms with E-state index < -0.39 is 11.7 Å². The maximum Gasteiger partial charge on any atom is 0.416 e. The van der Waals surface area contributed by atoms with Gasteiger partial charge >= 0.3 is 6.18 Å². The quantitative estimate of drug-likeness (QED) is 0.808. The zero-order chi connectivity index (χ0) is 13.3. The van der Waals surface area contributed by atoms with E-state index in [1.165, 1.54) is 13.0 Å². The highest BCUT2D eigenvalue weighted by Gasteiger charge is 2.33. The normalized spacial score (nSPS) is 25.2. The molecule has 0 spiro atoms. The second-order valence-electron chi connectivity index (χ2n) is 5.15. The van der Waals surface area contributed by atoms with Gasteiger partial charge in [0, 0.05) is 0 Å². The summed E-state index contributed by atoms with van der Waals surface area (Å²) in [6.07, 6.45) is -3.35. The number of rotatable bonds is 1. The highest BCUT2D eigenvalue weighted by molar-refractivity contribution is 5.35. The Bertz CT molecular complexity index is 426. The average molecular weight is 257 g/mol. The van der Waals surface area contributed by atoms with E-state index in [0.717, 1.165) is 25.1 Å². The first kappa shape index (κ1) is 13.4. The molecule has 0 bridgehead atoms. The Labute approximate surface area is 105 Å². The molecule has 1 aliphatic heterocycles. The average Bonchev–Trinajstić information content (AvgIpc) is 2.29. The number of aryl methyl sites for hydroxylation is 1. The molecule has 2 rings (SSSR count). The lowest BCUT2D eigenvalue weighted by atomic mass is 9.81. The molecule has 1 fully saturated rings. The Morgan fingerprint density at radius 3 is 2.61 bits per heavy atom. The van der Waals surface area contributed by atoms with E-state index in [0.29, 0.717) is 11.5 Å². The first-order valence-electron chi connectivity index (χ1n) is 6.28. The molecular weight excluding hydrogens is 239 g/mol. The van der Waals surface area contributed by atoms with Crippen LogP contribution in [-0.2, 0) is 6.18 Å². The van der Waals surface area contributed by atoms with Crippen LogP contribution in [0.4, 0.5) is 13.2 Å². The molecule has 1 N–H and O–H groups in total. The molecule has 4 heteroatoms. The van der Waals surface area contributed by atoms with Gasteiger partial charge in [0.1, 0.15) is 0 Å². The van der Waals surface area contributed by atoms with Crippen molar-refractivity contribution in [1.29, 1.82) is 0 Å². The molecule has 0 saturated carbocycles. The molecular formula is C14H18F3N. The van der Waals surface area contributed by atoms with Crippen LogP contribution in [0, 0.1) is 12.8 Å². The van der Waals surface area contributed by atoms with Crippen molar-refractivity contribution in [1.82, 2.24) is 5.32 Å². The molecule has 0 amide bonds. The van der Waals surface area contributed by atoms with Crippen LogP contribution in [0.5, 0.6) is 0 Å². The van der Waals surface area contributed by atoms with Crippen molar-refractivity contribution in [3.05, 3.63) is 34.9 Å². The summed E-state index contributed by atoms with van der Waals surface area (Å²) in [5.74, 6) is 0.607. The predicted octanol–water partition coefficient (Wildman–Crippen LogP) is 3.73. The third-order valence-corrected chi connectivity index (χ3v) is 3.78. The molecule has 0 radical (unpaired) electrons. The number of benzene rings is 1. The third kappa shape index (κ3) is 2.69. The number of alkyl halides is 3. The fourth-order valence-electron chi connectivity index (χ4n) is 2.68. The standard InChI is InChI=1S/C14H18F3N/c1-9-3-4-11(7-13(9)14(15,16)17)12-5-6-18-8-10(12)2/h3-4,7,10,12,18H,5-6,8H2,1-2H3. The van der Waals surface area contributed by atoms with Crippen LogP contribution >= 0.6 is 0 Å². The van der Waals surface area contributed by atoms with Crippen LogP contribution in [0.25, 0.3) is 0 Å². The summed E-state index contributed by atoms with van der Waals surface area (Å²) >= 11 is 0. The topological polar surface area (TPSA) is 12.0 Å². The zero-order valence-corrected chi connectivity index (χ0v) is 10.6. The van der Waals surface area contributed by atoms with Gasteiger partial charge in [-0.2, -0.15) is 13.2 Å². The monoisotopic (exact) mass is 257 g/mol. The zero-order valence-electron chi connectivity index (χ0n) is 10.6. The molecule has 100 valence electrons. The summed E-state index contributed by atoms with van der Waals surface area (Å²) in [5.41, 5.74) is 0.625. The van der Waals surface area contributed by atoms with Gasteiger partial charge in [-0.15, -0.1) is 0 Å². The van der Waals surface area contributed by atoms with E-state index in [1.54, 1.807) is 6.07 Å². The largest absolute Gasteiger partial charge is 0.416 e. The van der Waals surface area contributed by atoms with Crippen LogP contribution < -0.4 is 5.32 Å². The maximum atomic E-state index is 12.9. The Balaban J connectivity index is 2.34. The third-order valence-electron chi connectivity index (χ3n) is 3.78. The van der Waals surface area contributed by atoms with Crippen LogP contribution in [-0.4, -0.2) is 13.1 Å². The van der Waals surface area contributed by atoms with Gasteiger partial charge in [-0.25, -0.2) is 0 Å². The number of hydrogen-bond acceptors (Lipinski definition) is 1. The van der Waals surface area contributed by atoms with Crippen molar-refractivity contribution >= 4 is 0 Å².